The van der Waals surface area contributed by atoms with Gasteiger partial charge in [-0.2, -0.15) is 0 Å². The van der Waals surface area contributed by atoms with Gasteiger partial charge in [0, 0.05) is 20.8 Å². The molecule has 0 amide bonds. The molecule has 0 unspecified atom stereocenters. The smallest absolute Gasteiger partial charge is 0.200 e. The highest BCUT2D eigenvalue weighted by atomic mass is 79.9. The van der Waals surface area contributed by atoms with Crippen LogP contribution in [0.5, 0.6) is 5.06 Å². The van der Waals surface area contributed by atoms with Crippen LogP contribution in [0, 0.1) is 0 Å². The molecule has 0 aliphatic rings. The molecular weight excluding hydrogens is 350 g/mol. The first-order valence-corrected chi connectivity index (χ1v) is 7.80. The van der Waals surface area contributed by atoms with E-state index in [-0.39, 0.29) is 16.1 Å². The van der Waals surface area contributed by atoms with E-state index < -0.39 is 0 Å². The summed E-state index contributed by atoms with van der Waals surface area (Å²) in [5, 5.41) is 10.6. The van der Waals surface area contributed by atoms with E-state index >= 15 is 0 Å². The Morgan fingerprint density at radius 3 is 2.76 bits per heavy atom. The van der Waals surface area contributed by atoms with Gasteiger partial charge in [0.1, 0.15) is 0 Å². The highest BCUT2D eigenvalue weighted by molar-refractivity contribution is 9.10. The molecule has 5 heteroatoms. The van der Waals surface area contributed by atoms with Crippen LogP contribution in [-0.4, -0.2) is 11.3 Å². The van der Waals surface area contributed by atoms with E-state index in [1.54, 1.807) is 6.07 Å². The Kier molecular flexibility index (Phi) is 3.86. The number of aliphatic imine (C=N–C) groups is 1. The Hall–Kier alpha value is -1.98. The summed E-state index contributed by atoms with van der Waals surface area (Å²) in [6, 6.07) is 14.6. The summed E-state index contributed by atoms with van der Waals surface area (Å²) in [5.74, 6) is 0. The summed E-state index contributed by atoms with van der Waals surface area (Å²) in [7, 11) is 0. The lowest BCUT2D eigenvalue weighted by Gasteiger charge is -2.01. The summed E-state index contributed by atoms with van der Waals surface area (Å²) in [6.45, 7) is 0. The van der Waals surface area contributed by atoms with Crippen molar-refractivity contribution in [1.82, 2.24) is 0 Å². The van der Waals surface area contributed by atoms with Gasteiger partial charge in [-0.1, -0.05) is 45.5 Å². The molecule has 0 saturated heterocycles. The summed E-state index contributed by atoms with van der Waals surface area (Å²) in [5.41, 5.74) is 0.723. The Morgan fingerprint density at radius 2 is 1.95 bits per heavy atom. The standard InChI is InChI=1S/C16H10BrNO2S/c17-10-4-3-5-11(8-10)18-9-13-15(19)12-6-1-2-7-14(12)21-16(13)20/h1-9,20H. The van der Waals surface area contributed by atoms with Crippen LogP contribution in [0.15, 0.2) is 62.8 Å². The first-order valence-electron chi connectivity index (χ1n) is 6.19. The van der Waals surface area contributed by atoms with Gasteiger partial charge in [0.25, 0.3) is 0 Å². The zero-order chi connectivity index (χ0) is 14.8. The fourth-order valence-corrected chi connectivity index (χ4v) is 3.22. The van der Waals surface area contributed by atoms with E-state index in [4.69, 9.17) is 0 Å². The van der Waals surface area contributed by atoms with Gasteiger partial charge in [0.05, 0.1) is 11.3 Å². The topological polar surface area (TPSA) is 49.7 Å². The molecule has 1 heterocycles. The molecule has 0 fully saturated rings. The van der Waals surface area contributed by atoms with Gasteiger partial charge in [-0.05, 0) is 30.3 Å². The van der Waals surface area contributed by atoms with Crippen molar-refractivity contribution in [1.29, 1.82) is 0 Å². The van der Waals surface area contributed by atoms with Crippen molar-refractivity contribution in [2.45, 2.75) is 0 Å². The lowest BCUT2D eigenvalue weighted by Crippen LogP contribution is -2.07. The summed E-state index contributed by atoms with van der Waals surface area (Å²) in [6.07, 6.45) is 1.42. The fraction of sp³-hybridized carbons (Fsp3) is 0. The molecule has 0 radical (unpaired) electrons. The molecule has 104 valence electrons. The molecule has 0 atom stereocenters. The summed E-state index contributed by atoms with van der Waals surface area (Å²) in [4.78, 5) is 16.6. The average Bonchev–Trinajstić information content (AvgIpc) is 2.47. The van der Waals surface area contributed by atoms with Crippen molar-refractivity contribution in [3.63, 3.8) is 0 Å². The number of hydrogen-bond acceptors (Lipinski definition) is 4. The third-order valence-electron chi connectivity index (χ3n) is 2.96. The molecule has 1 aromatic heterocycles. The van der Waals surface area contributed by atoms with Crippen molar-refractivity contribution in [3.8, 4) is 5.06 Å². The fourth-order valence-electron chi connectivity index (χ4n) is 1.95. The van der Waals surface area contributed by atoms with Gasteiger partial charge in [-0.3, -0.25) is 9.79 Å². The van der Waals surface area contributed by atoms with Crippen LogP contribution in [0.3, 0.4) is 0 Å². The van der Waals surface area contributed by atoms with Crippen LogP contribution < -0.4 is 5.43 Å². The van der Waals surface area contributed by atoms with E-state index in [9.17, 15) is 9.90 Å². The number of rotatable bonds is 2. The van der Waals surface area contributed by atoms with Crippen LogP contribution in [-0.2, 0) is 0 Å². The van der Waals surface area contributed by atoms with Crippen LogP contribution in [0.25, 0.3) is 10.1 Å². The number of benzene rings is 2. The maximum atomic E-state index is 12.4. The zero-order valence-electron chi connectivity index (χ0n) is 10.8. The Balaban J connectivity index is 2.11. The van der Waals surface area contributed by atoms with Crippen molar-refractivity contribution >= 4 is 49.3 Å². The van der Waals surface area contributed by atoms with Crippen molar-refractivity contribution in [2.24, 2.45) is 4.99 Å². The monoisotopic (exact) mass is 359 g/mol. The molecule has 0 saturated carbocycles. The second kappa shape index (κ2) is 5.79. The second-order valence-electron chi connectivity index (χ2n) is 4.38. The molecule has 3 aromatic rings. The molecule has 0 aliphatic heterocycles. The zero-order valence-corrected chi connectivity index (χ0v) is 13.2. The van der Waals surface area contributed by atoms with Gasteiger partial charge in [0.15, 0.2) is 5.06 Å². The molecule has 0 aliphatic carbocycles. The molecular formula is C16H10BrNO2S. The van der Waals surface area contributed by atoms with Gasteiger partial charge in [-0.25, -0.2) is 0 Å². The minimum atomic E-state index is -0.208. The van der Waals surface area contributed by atoms with E-state index in [2.05, 4.69) is 20.9 Å². The third-order valence-corrected chi connectivity index (χ3v) is 4.45. The maximum absolute atomic E-state index is 12.4. The number of fused-ring (bicyclic) bond motifs is 1. The summed E-state index contributed by atoms with van der Waals surface area (Å²) < 4.78 is 1.67. The van der Waals surface area contributed by atoms with Crippen LogP contribution in [0.1, 0.15) is 5.56 Å². The molecule has 1 N–H and O–H groups in total. The first kappa shape index (κ1) is 14.0. The molecule has 21 heavy (non-hydrogen) atoms. The van der Waals surface area contributed by atoms with Gasteiger partial charge in [0.2, 0.25) is 5.43 Å². The lowest BCUT2D eigenvalue weighted by molar-refractivity contribution is 0.489. The van der Waals surface area contributed by atoms with E-state index in [0.29, 0.717) is 11.1 Å². The SMILES string of the molecule is O=c1c(C=Nc2cccc(Br)c2)c(O)sc2ccccc12. The quantitative estimate of drug-likeness (QED) is 0.685. The maximum Gasteiger partial charge on any atom is 0.200 e. The van der Waals surface area contributed by atoms with Crippen molar-refractivity contribution in [3.05, 3.63) is 68.8 Å². The molecule has 0 spiro atoms. The number of nitrogens with zero attached hydrogens (tertiary/aromatic N) is 1. The predicted molar refractivity (Wildman–Crippen MR) is 91.2 cm³/mol. The van der Waals surface area contributed by atoms with Crippen LogP contribution in [0.2, 0.25) is 0 Å². The van der Waals surface area contributed by atoms with E-state index in [0.717, 1.165) is 9.17 Å². The average molecular weight is 360 g/mol. The highest BCUT2D eigenvalue weighted by Crippen LogP contribution is 2.27. The van der Waals surface area contributed by atoms with Crippen molar-refractivity contribution < 1.29 is 5.11 Å². The number of aromatic hydroxyl groups is 1. The van der Waals surface area contributed by atoms with E-state index in [1.165, 1.54) is 17.6 Å². The molecule has 0 bridgehead atoms. The van der Waals surface area contributed by atoms with Gasteiger partial charge >= 0.3 is 0 Å². The first-order chi connectivity index (χ1) is 10.1. The lowest BCUT2D eigenvalue weighted by atomic mass is 10.2. The Labute approximate surface area is 133 Å². The summed E-state index contributed by atoms with van der Waals surface area (Å²) >= 11 is 4.54. The molecule has 2 aromatic carbocycles. The molecule has 3 rings (SSSR count). The van der Waals surface area contributed by atoms with Gasteiger partial charge in [-0.15, -0.1) is 0 Å². The molecule has 3 nitrogen and oxygen atoms in total. The largest absolute Gasteiger partial charge is 0.499 e. The Bertz CT molecular complexity index is 902. The normalized spacial score (nSPS) is 11.3. The minimum Gasteiger partial charge on any atom is -0.499 e. The minimum absolute atomic E-state index is 0.0163. The van der Waals surface area contributed by atoms with Gasteiger partial charge < -0.3 is 5.11 Å². The second-order valence-corrected chi connectivity index (χ2v) is 6.33. The van der Waals surface area contributed by atoms with Crippen LogP contribution >= 0.6 is 27.3 Å². The predicted octanol–water partition coefficient (Wildman–Crippen LogP) is 4.48. The highest BCUT2D eigenvalue weighted by Gasteiger charge is 2.09. The number of hydrogen-bond donors (Lipinski definition) is 1. The van der Waals surface area contributed by atoms with Crippen LogP contribution in [0.4, 0.5) is 5.69 Å². The Morgan fingerprint density at radius 1 is 1.14 bits per heavy atom. The number of halogens is 1. The van der Waals surface area contributed by atoms with E-state index in [1.807, 2.05) is 42.5 Å². The van der Waals surface area contributed by atoms with Crippen molar-refractivity contribution in [2.75, 3.05) is 0 Å². The third kappa shape index (κ3) is 2.89.